The number of rotatable bonds is 3. The summed E-state index contributed by atoms with van der Waals surface area (Å²) in [6, 6.07) is 1.23. The fourth-order valence-corrected chi connectivity index (χ4v) is 3.32. The van der Waals surface area contributed by atoms with Crippen LogP contribution in [0.3, 0.4) is 0 Å². The third-order valence-electron chi connectivity index (χ3n) is 4.40. The number of carbonyl (C=O) groups excluding carboxylic acids is 1. The Bertz CT molecular complexity index is 317. The highest BCUT2D eigenvalue weighted by Crippen LogP contribution is 2.28. The molecule has 2 heterocycles. The predicted octanol–water partition coefficient (Wildman–Crippen LogP) is 1.35. The lowest BCUT2D eigenvalue weighted by Gasteiger charge is -2.44. The normalized spacial score (nSPS) is 30.2. The minimum absolute atomic E-state index is 0.108. The average Bonchev–Trinajstić information content (AvgIpc) is 2.75. The Morgan fingerprint density at radius 1 is 1.39 bits per heavy atom. The van der Waals surface area contributed by atoms with E-state index in [1.165, 1.54) is 26.5 Å². The highest BCUT2D eigenvalue weighted by Gasteiger charge is 2.38. The van der Waals surface area contributed by atoms with Gasteiger partial charge in [-0.25, -0.2) is 0 Å². The fraction of sp³-hybridized carbons (Fsp3) is 0.929. The highest BCUT2D eigenvalue weighted by atomic mass is 16.5. The van der Waals surface area contributed by atoms with Crippen LogP contribution in [0.25, 0.3) is 0 Å². The Kier molecular flexibility index (Phi) is 3.97. The van der Waals surface area contributed by atoms with Gasteiger partial charge in [0.05, 0.1) is 12.5 Å². The lowest BCUT2D eigenvalue weighted by molar-refractivity contribution is -0.152. The van der Waals surface area contributed by atoms with Crippen LogP contribution in [0.15, 0.2) is 0 Å². The first-order chi connectivity index (χ1) is 8.44. The molecule has 2 atom stereocenters. The highest BCUT2D eigenvalue weighted by molar-refractivity contribution is 5.76. The second-order valence-corrected chi connectivity index (χ2v) is 6.44. The molecule has 2 saturated heterocycles. The Balaban J connectivity index is 1.98. The van der Waals surface area contributed by atoms with E-state index in [1.807, 2.05) is 13.8 Å². The summed E-state index contributed by atoms with van der Waals surface area (Å²) in [6.07, 6.45) is 2.63. The summed E-state index contributed by atoms with van der Waals surface area (Å²) in [7, 11) is 1.47. The molecule has 2 unspecified atom stereocenters. The van der Waals surface area contributed by atoms with Gasteiger partial charge in [0.1, 0.15) is 0 Å². The maximum Gasteiger partial charge on any atom is 0.312 e. The van der Waals surface area contributed by atoms with Crippen molar-refractivity contribution in [3.05, 3.63) is 0 Å². The summed E-state index contributed by atoms with van der Waals surface area (Å²) in [5.74, 6) is -0.108. The van der Waals surface area contributed by atoms with Crippen LogP contribution >= 0.6 is 0 Å². The molecule has 2 aliphatic heterocycles. The summed E-state index contributed by atoms with van der Waals surface area (Å²) in [6.45, 7) is 10.5. The summed E-state index contributed by atoms with van der Waals surface area (Å²) in [5, 5.41) is 0. The first-order valence-electron chi connectivity index (χ1n) is 7.00. The maximum absolute atomic E-state index is 11.8. The summed E-state index contributed by atoms with van der Waals surface area (Å²) < 4.78 is 4.90. The summed E-state index contributed by atoms with van der Waals surface area (Å²) in [4.78, 5) is 16.8. The van der Waals surface area contributed by atoms with Gasteiger partial charge < -0.3 is 4.74 Å². The molecule has 0 spiro atoms. The average molecular weight is 254 g/mol. The van der Waals surface area contributed by atoms with Crippen molar-refractivity contribution >= 4 is 5.97 Å². The van der Waals surface area contributed by atoms with E-state index in [9.17, 15) is 4.79 Å². The van der Waals surface area contributed by atoms with E-state index in [0.717, 1.165) is 19.6 Å². The van der Waals surface area contributed by atoms with Crippen molar-refractivity contribution in [2.45, 2.75) is 45.7 Å². The van der Waals surface area contributed by atoms with Crippen LogP contribution in [0.1, 0.15) is 33.6 Å². The maximum atomic E-state index is 11.8. The number of hydrogen-bond donors (Lipinski definition) is 0. The number of nitrogens with zero attached hydrogens (tertiary/aromatic N) is 2. The Hall–Kier alpha value is -0.610. The lowest BCUT2D eigenvalue weighted by Crippen LogP contribution is -2.57. The van der Waals surface area contributed by atoms with Gasteiger partial charge in [0.15, 0.2) is 0 Å². The van der Waals surface area contributed by atoms with Crippen LogP contribution in [0, 0.1) is 5.41 Å². The Labute approximate surface area is 110 Å². The van der Waals surface area contributed by atoms with Crippen molar-refractivity contribution in [2.75, 3.05) is 33.3 Å². The molecule has 2 rings (SSSR count). The van der Waals surface area contributed by atoms with Crippen LogP contribution in [-0.2, 0) is 9.53 Å². The van der Waals surface area contributed by atoms with Gasteiger partial charge in [0, 0.05) is 31.7 Å². The molecule has 0 aromatic carbocycles. The first-order valence-corrected chi connectivity index (χ1v) is 7.00. The van der Waals surface area contributed by atoms with Gasteiger partial charge in [-0.3, -0.25) is 14.6 Å². The number of hydrogen-bond acceptors (Lipinski definition) is 4. The smallest absolute Gasteiger partial charge is 0.312 e. The largest absolute Gasteiger partial charge is 0.469 e. The molecule has 0 saturated carbocycles. The van der Waals surface area contributed by atoms with Gasteiger partial charge >= 0.3 is 5.97 Å². The molecule has 4 heteroatoms. The van der Waals surface area contributed by atoms with Crippen molar-refractivity contribution in [1.82, 2.24) is 9.80 Å². The minimum Gasteiger partial charge on any atom is -0.469 e. The minimum atomic E-state index is -0.413. The van der Waals surface area contributed by atoms with Crippen LogP contribution < -0.4 is 0 Å². The monoisotopic (exact) mass is 254 g/mol. The number of carbonyl (C=O) groups is 1. The van der Waals surface area contributed by atoms with Crippen molar-refractivity contribution in [3.63, 3.8) is 0 Å². The van der Waals surface area contributed by atoms with Gasteiger partial charge in [-0.1, -0.05) is 0 Å². The summed E-state index contributed by atoms with van der Waals surface area (Å²) in [5.41, 5.74) is -0.413. The topological polar surface area (TPSA) is 32.8 Å². The molecular formula is C14H26N2O2. The quantitative estimate of drug-likeness (QED) is 0.712. The van der Waals surface area contributed by atoms with Crippen LogP contribution in [0.4, 0.5) is 0 Å². The molecule has 18 heavy (non-hydrogen) atoms. The number of methoxy groups -OCH3 is 1. The zero-order valence-electron chi connectivity index (χ0n) is 12.1. The van der Waals surface area contributed by atoms with Gasteiger partial charge in [0.2, 0.25) is 0 Å². The number of esters is 1. The molecular weight excluding hydrogens is 228 g/mol. The molecule has 2 fully saturated rings. The predicted molar refractivity (Wildman–Crippen MR) is 71.4 cm³/mol. The molecule has 0 amide bonds. The SMILES string of the molecule is COC(=O)C(C)(C)CN1CC2CCCN2CC1C. The van der Waals surface area contributed by atoms with E-state index in [1.54, 1.807) is 0 Å². The molecule has 104 valence electrons. The number of ether oxygens (including phenoxy) is 1. The first kappa shape index (κ1) is 13.8. The number of fused-ring (bicyclic) bond motifs is 1. The van der Waals surface area contributed by atoms with E-state index in [0.29, 0.717) is 12.1 Å². The third kappa shape index (κ3) is 2.69. The van der Waals surface area contributed by atoms with Crippen LogP contribution in [0.2, 0.25) is 0 Å². The van der Waals surface area contributed by atoms with Crippen molar-refractivity contribution < 1.29 is 9.53 Å². The standard InChI is InChI=1S/C14H26N2O2/c1-11-8-15-7-5-6-12(15)9-16(11)10-14(2,3)13(17)18-4/h11-12H,5-10H2,1-4H3. The zero-order valence-corrected chi connectivity index (χ0v) is 12.1. The van der Waals surface area contributed by atoms with E-state index in [-0.39, 0.29) is 5.97 Å². The van der Waals surface area contributed by atoms with E-state index in [4.69, 9.17) is 4.74 Å². The van der Waals surface area contributed by atoms with E-state index < -0.39 is 5.41 Å². The second kappa shape index (κ2) is 5.17. The second-order valence-electron chi connectivity index (χ2n) is 6.44. The lowest BCUT2D eigenvalue weighted by atomic mass is 9.91. The Morgan fingerprint density at radius 2 is 2.11 bits per heavy atom. The summed E-state index contributed by atoms with van der Waals surface area (Å²) >= 11 is 0. The van der Waals surface area contributed by atoms with Crippen molar-refractivity contribution in [2.24, 2.45) is 5.41 Å². The zero-order chi connectivity index (χ0) is 13.3. The molecule has 0 aromatic heterocycles. The van der Waals surface area contributed by atoms with E-state index in [2.05, 4.69) is 16.7 Å². The van der Waals surface area contributed by atoms with Crippen molar-refractivity contribution in [1.29, 1.82) is 0 Å². The van der Waals surface area contributed by atoms with Crippen LogP contribution in [-0.4, -0.2) is 61.1 Å². The molecule has 0 bridgehead atoms. The molecule has 2 aliphatic rings. The van der Waals surface area contributed by atoms with E-state index >= 15 is 0 Å². The van der Waals surface area contributed by atoms with Gasteiger partial charge in [-0.05, 0) is 40.2 Å². The fourth-order valence-electron chi connectivity index (χ4n) is 3.32. The number of piperazine rings is 1. The van der Waals surface area contributed by atoms with Crippen molar-refractivity contribution in [3.8, 4) is 0 Å². The molecule has 4 nitrogen and oxygen atoms in total. The molecule has 0 aliphatic carbocycles. The van der Waals surface area contributed by atoms with Gasteiger partial charge in [0.25, 0.3) is 0 Å². The van der Waals surface area contributed by atoms with Gasteiger partial charge in [-0.15, -0.1) is 0 Å². The van der Waals surface area contributed by atoms with Crippen LogP contribution in [0.5, 0.6) is 0 Å². The Morgan fingerprint density at radius 3 is 2.78 bits per heavy atom. The molecule has 0 radical (unpaired) electrons. The molecule has 0 N–H and O–H groups in total. The van der Waals surface area contributed by atoms with Gasteiger partial charge in [-0.2, -0.15) is 0 Å². The third-order valence-corrected chi connectivity index (χ3v) is 4.40. The molecule has 0 aromatic rings.